The van der Waals surface area contributed by atoms with Gasteiger partial charge in [0.25, 0.3) is 0 Å². The molecule has 0 aromatic heterocycles. The zero-order valence-corrected chi connectivity index (χ0v) is 12.1. The van der Waals surface area contributed by atoms with E-state index in [0.29, 0.717) is 5.92 Å². The smallest absolute Gasteiger partial charge is 0.0739 e. The molecule has 0 saturated heterocycles. The molecule has 2 unspecified atom stereocenters. The highest BCUT2D eigenvalue weighted by Crippen LogP contribution is 2.18. The molecule has 2 heteroatoms. The fourth-order valence-electron chi connectivity index (χ4n) is 1.84. The molecule has 0 fully saturated rings. The van der Waals surface area contributed by atoms with Crippen LogP contribution < -0.4 is 5.73 Å². The van der Waals surface area contributed by atoms with E-state index in [1.165, 1.54) is 5.56 Å². The van der Waals surface area contributed by atoms with Crippen molar-refractivity contribution >= 4 is 0 Å². The third-order valence-corrected chi connectivity index (χ3v) is 3.35. The highest BCUT2D eigenvalue weighted by molar-refractivity contribution is 5.25. The molecule has 102 valence electrons. The molecule has 0 radical (unpaired) electrons. The third-order valence-electron chi connectivity index (χ3n) is 3.35. The summed E-state index contributed by atoms with van der Waals surface area (Å²) in [6.45, 7) is 9.42. The Morgan fingerprint density at radius 1 is 1.11 bits per heavy atom. The van der Waals surface area contributed by atoms with Crippen LogP contribution in [0.5, 0.6) is 0 Å². The van der Waals surface area contributed by atoms with Gasteiger partial charge in [-0.15, -0.1) is 0 Å². The number of hydrogen-bond donors (Lipinski definition) is 1. The Labute approximate surface area is 112 Å². The summed E-state index contributed by atoms with van der Waals surface area (Å²) in [5.41, 5.74) is 8.73. The average molecular weight is 249 g/mol. The van der Waals surface area contributed by atoms with Crippen LogP contribution in [0, 0.1) is 5.92 Å². The summed E-state index contributed by atoms with van der Waals surface area (Å²) in [7, 11) is 0. The molecule has 1 aromatic carbocycles. The van der Waals surface area contributed by atoms with E-state index >= 15 is 0 Å². The monoisotopic (exact) mass is 249 g/mol. The number of rotatable bonds is 7. The minimum atomic E-state index is -0.0388. The van der Waals surface area contributed by atoms with Crippen LogP contribution in [-0.2, 0) is 11.2 Å². The Morgan fingerprint density at radius 2 is 1.72 bits per heavy atom. The first-order valence-electron chi connectivity index (χ1n) is 7.00. The zero-order valence-electron chi connectivity index (χ0n) is 12.1. The lowest BCUT2D eigenvalue weighted by Gasteiger charge is -2.21. The second kappa shape index (κ2) is 7.55. The lowest BCUT2D eigenvalue weighted by molar-refractivity contribution is 0.0416. The Bertz CT molecular complexity index is 331. The van der Waals surface area contributed by atoms with Gasteiger partial charge in [0.1, 0.15) is 0 Å². The molecule has 1 aromatic rings. The summed E-state index contributed by atoms with van der Waals surface area (Å²) in [6, 6.07) is 8.49. The summed E-state index contributed by atoms with van der Waals surface area (Å²) in [4.78, 5) is 0. The summed E-state index contributed by atoms with van der Waals surface area (Å²) in [5.74, 6) is 0.678. The minimum Gasteiger partial charge on any atom is -0.377 e. The van der Waals surface area contributed by atoms with Crippen molar-refractivity contribution in [1.82, 2.24) is 0 Å². The van der Waals surface area contributed by atoms with Gasteiger partial charge < -0.3 is 10.5 Å². The van der Waals surface area contributed by atoms with Crippen molar-refractivity contribution in [2.75, 3.05) is 6.61 Å². The molecule has 2 N–H and O–H groups in total. The van der Waals surface area contributed by atoms with E-state index in [0.717, 1.165) is 25.0 Å². The average Bonchev–Trinajstić information content (AvgIpc) is 2.37. The van der Waals surface area contributed by atoms with Crippen molar-refractivity contribution in [3.05, 3.63) is 35.4 Å². The molecule has 18 heavy (non-hydrogen) atoms. The van der Waals surface area contributed by atoms with Crippen molar-refractivity contribution < 1.29 is 4.74 Å². The molecule has 2 atom stereocenters. The predicted octanol–water partition coefficient (Wildman–Crippen LogP) is 3.70. The van der Waals surface area contributed by atoms with Gasteiger partial charge in [-0.1, -0.05) is 45.0 Å². The van der Waals surface area contributed by atoms with Crippen molar-refractivity contribution in [2.24, 2.45) is 11.7 Å². The highest BCUT2D eigenvalue weighted by Gasteiger charge is 2.15. The Balaban J connectivity index is 2.48. The lowest BCUT2D eigenvalue weighted by atomic mass is 10.0. The molecule has 0 aliphatic heterocycles. The molecule has 0 bridgehead atoms. The third kappa shape index (κ3) is 4.79. The predicted molar refractivity (Wildman–Crippen MR) is 77.6 cm³/mol. The quantitative estimate of drug-likeness (QED) is 0.799. The number of benzene rings is 1. The first-order chi connectivity index (χ1) is 8.54. The second-order valence-electron chi connectivity index (χ2n) is 5.38. The van der Waals surface area contributed by atoms with E-state index in [-0.39, 0.29) is 12.1 Å². The van der Waals surface area contributed by atoms with Gasteiger partial charge in [0, 0.05) is 6.61 Å². The first kappa shape index (κ1) is 15.2. The van der Waals surface area contributed by atoms with Crippen LogP contribution in [0.4, 0.5) is 0 Å². The van der Waals surface area contributed by atoms with E-state index in [1.54, 1.807) is 0 Å². The van der Waals surface area contributed by atoms with Crippen molar-refractivity contribution in [1.29, 1.82) is 0 Å². The van der Waals surface area contributed by atoms with Crippen LogP contribution in [0.1, 0.15) is 51.3 Å². The number of aryl methyl sites for hydroxylation is 1. The van der Waals surface area contributed by atoms with Gasteiger partial charge in [-0.2, -0.15) is 0 Å². The number of ether oxygens (including phenoxy) is 1. The van der Waals surface area contributed by atoms with E-state index in [2.05, 4.69) is 52.0 Å². The molecule has 0 saturated carbocycles. The molecule has 0 heterocycles. The van der Waals surface area contributed by atoms with Gasteiger partial charge >= 0.3 is 0 Å². The Hall–Kier alpha value is -0.860. The summed E-state index contributed by atoms with van der Waals surface area (Å²) in [6.07, 6.45) is 2.22. The molecular weight excluding hydrogens is 222 g/mol. The van der Waals surface area contributed by atoms with Crippen LogP contribution in [0.3, 0.4) is 0 Å². The molecule has 1 rings (SSSR count). The van der Waals surface area contributed by atoms with E-state index in [4.69, 9.17) is 10.5 Å². The van der Waals surface area contributed by atoms with Gasteiger partial charge in [0.15, 0.2) is 0 Å². The maximum absolute atomic E-state index is 6.22. The largest absolute Gasteiger partial charge is 0.377 e. The fraction of sp³-hybridized carbons (Fsp3) is 0.625. The number of hydrogen-bond acceptors (Lipinski definition) is 2. The minimum absolute atomic E-state index is 0.0388. The van der Waals surface area contributed by atoms with Gasteiger partial charge in [-0.05, 0) is 36.8 Å². The molecule has 0 spiro atoms. The summed E-state index contributed by atoms with van der Waals surface area (Å²) < 4.78 is 5.80. The lowest BCUT2D eigenvalue weighted by Crippen LogP contribution is -2.27. The highest BCUT2D eigenvalue weighted by atomic mass is 16.5. The van der Waals surface area contributed by atoms with Crippen molar-refractivity contribution in [3.8, 4) is 0 Å². The Kier molecular flexibility index (Phi) is 6.37. The summed E-state index contributed by atoms with van der Waals surface area (Å²) in [5, 5.41) is 0. The standard InChI is InChI=1S/C16H27NO/c1-5-14-6-8-15(9-7-14)16(17)13(4)18-11-10-12(2)3/h6-9,12-13,16H,5,10-11,17H2,1-4H3. The van der Waals surface area contributed by atoms with Crippen LogP contribution in [0.25, 0.3) is 0 Å². The van der Waals surface area contributed by atoms with Crippen LogP contribution in [0.15, 0.2) is 24.3 Å². The molecule has 0 amide bonds. The van der Waals surface area contributed by atoms with Crippen LogP contribution in [-0.4, -0.2) is 12.7 Å². The zero-order chi connectivity index (χ0) is 13.5. The number of nitrogens with two attached hydrogens (primary N) is 1. The normalized spacial score (nSPS) is 14.8. The molecule has 2 nitrogen and oxygen atoms in total. The molecular formula is C16H27NO. The van der Waals surface area contributed by atoms with Gasteiger partial charge in [-0.3, -0.25) is 0 Å². The fourth-order valence-corrected chi connectivity index (χ4v) is 1.84. The van der Waals surface area contributed by atoms with E-state index < -0.39 is 0 Å². The van der Waals surface area contributed by atoms with Crippen molar-refractivity contribution in [3.63, 3.8) is 0 Å². The SMILES string of the molecule is CCc1ccc(C(N)C(C)OCCC(C)C)cc1. The van der Waals surface area contributed by atoms with Crippen LogP contribution >= 0.6 is 0 Å². The van der Waals surface area contributed by atoms with Gasteiger partial charge in [-0.25, -0.2) is 0 Å². The first-order valence-corrected chi connectivity index (χ1v) is 7.00. The maximum atomic E-state index is 6.22. The van der Waals surface area contributed by atoms with Gasteiger partial charge in [0.05, 0.1) is 12.1 Å². The van der Waals surface area contributed by atoms with E-state index in [1.807, 2.05) is 0 Å². The van der Waals surface area contributed by atoms with Crippen LogP contribution in [0.2, 0.25) is 0 Å². The summed E-state index contributed by atoms with van der Waals surface area (Å²) >= 11 is 0. The maximum Gasteiger partial charge on any atom is 0.0739 e. The second-order valence-corrected chi connectivity index (χ2v) is 5.38. The Morgan fingerprint density at radius 3 is 2.22 bits per heavy atom. The van der Waals surface area contributed by atoms with E-state index in [9.17, 15) is 0 Å². The topological polar surface area (TPSA) is 35.2 Å². The van der Waals surface area contributed by atoms with Gasteiger partial charge in [0.2, 0.25) is 0 Å². The molecule has 0 aliphatic carbocycles. The van der Waals surface area contributed by atoms with Crippen molar-refractivity contribution in [2.45, 2.75) is 52.7 Å². The molecule has 0 aliphatic rings.